The first kappa shape index (κ1) is 10.1. The predicted molar refractivity (Wildman–Crippen MR) is 56.9 cm³/mol. The quantitative estimate of drug-likeness (QED) is 0.787. The Morgan fingerprint density at radius 2 is 2.31 bits per heavy atom. The lowest BCUT2D eigenvalue weighted by Crippen LogP contribution is -1.96. The van der Waals surface area contributed by atoms with Gasteiger partial charge in [0.25, 0.3) is 0 Å². The lowest BCUT2D eigenvalue weighted by molar-refractivity contribution is 1.48. The summed E-state index contributed by atoms with van der Waals surface area (Å²) >= 11 is 9.21. The summed E-state index contributed by atoms with van der Waals surface area (Å²) in [5.74, 6) is 0. The van der Waals surface area contributed by atoms with Crippen LogP contribution in [0.15, 0.2) is 28.7 Å². The first-order chi connectivity index (χ1) is 6.16. The van der Waals surface area contributed by atoms with E-state index in [1.807, 2.05) is 18.2 Å². The van der Waals surface area contributed by atoms with Gasteiger partial charge in [0.2, 0.25) is 0 Å². The molecule has 0 amide bonds. The van der Waals surface area contributed by atoms with Crippen molar-refractivity contribution in [3.05, 3.63) is 39.3 Å². The van der Waals surface area contributed by atoms with Gasteiger partial charge in [-0.3, -0.25) is 0 Å². The lowest BCUT2D eigenvalue weighted by Gasteiger charge is -2.04. The molecule has 2 nitrogen and oxygen atoms in total. The number of nitrogens with two attached hydrogens (primary N) is 1. The number of halogens is 2. The second-order valence-corrected chi connectivity index (χ2v) is 3.56. The molecular formula is C9H6BrClN2. The molecule has 0 saturated carbocycles. The van der Waals surface area contributed by atoms with Crippen LogP contribution in [0.5, 0.6) is 0 Å². The van der Waals surface area contributed by atoms with Crippen molar-refractivity contribution in [1.29, 1.82) is 5.26 Å². The van der Waals surface area contributed by atoms with Crippen LogP contribution in [0.3, 0.4) is 0 Å². The Hall–Kier alpha value is -0.980. The third kappa shape index (κ3) is 2.24. The Bertz CT molecular complexity index is 393. The van der Waals surface area contributed by atoms with Crippen LogP contribution < -0.4 is 5.73 Å². The molecule has 0 saturated heterocycles. The zero-order chi connectivity index (χ0) is 9.84. The SMILES string of the molecule is N#C/C=C(/N)c1cccc(Br)c1Cl. The first-order valence-electron chi connectivity index (χ1n) is 3.46. The van der Waals surface area contributed by atoms with Crippen LogP contribution in [0.2, 0.25) is 5.02 Å². The van der Waals surface area contributed by atoms with Gasteiger partial charge in [-0.25, -0.2) is 0 Å². The second kappa shape index (κ2) is 4.31. The van der Waals surface area contributed by atoms with Crippen LogP contribution >= 0.6 is 27.5 Å². The fourth-order valence-corrected chi connectivity index (χ4v) is 1.48. The highest BCUT2D eigenvalue weighted by Gasteiger charge is 2.05. The minimum absolute atomic E-state index is 0.369. The van der Waals surface area contributed by atoms with E-state index in [9.17, 15) is 0 Å². The van der Waals surface area contributed by atoms with E-state index >= 15 is 0 Å². The van der Waals surface area contributed by atoms with Crippen LogP contribution in [-0.2, 0) is 0 Å². The van der Waals surface area contributed by atoms with Gasteiger partial charge in [-0.15, -0.1) is 0 Å². The van der Waals surface area contributed by atoms with Gasteiger partial charge in [0.05, 0.1) is 16.8 Å². The second-order valence-electron chi connectivity index (χ2n) is 2.33. The van der Waals surface area contributed by atoms with Crippen LogP contribution in [0.1, 0.15) is 5.56 Å². The Labute approximate surface area is 89.7 Å². The number of benzene rings is 1. The zero-order valence-electron chi connectivity index (χ0n) is 6.59. The fraction of sp³-hybridized carbons (Fsp3) is 0. The highest BCUT2D eigenvalue weighted by molar-refractivity contribution is 9.10. The number of allylic oxidation sites excluding steroid dienone is 1. The van der Waals surface area contributed by atoms with Crippen LogP contribution in [0.4, 0.5) is 0 Å². The van der Waals surface area contributed by atoms with E-state index in [0.717, 1.165) is 4.47 Å². The minimum Gasteiger partial charge on any atom is -0.398 e. The van der Waals surface area contributed by atoms with Crippen molar-refractivity contribution in [2.75, 3.05) is 0 Å². The van der Waals surface area contributed by atoms with Crippen molar-refractivity contribution < 1.29 is 0 Å². The molecule has 0 heterocycles. The average molecular weight is 258 g/mol. The largest absolute Gasteiger partial charge is 0.398 e. The molecule has 0 aromatic heterocycles. The first-order valence-corrected chi connectivity index (χ1v) is 4.63. The molecule has 0 aliphatic heterocycles. The highest BCUT2D eigenvalue weighted by Crippen LogP contribution is 2.28. The van der Waals surface area contributed by atoms with E-state index in [2.05, 4.69) is 15.9 Å². The number of rotatable bonds is 1. The van der Waals surface area contributed by atoms with Crippen LogP contribution in [-0.4, -0.2) is 0 Å². The molecule has 66 valence electrons. The molecule has 0 aliphatic rings. The Kier molecular flexibility index (Phi) is 3.35. The molecule has 0 aliphatic carbocycles. The van der Waals surface area contributed by atoms with E-state index in [1.54, 1.807) is 6.07 Å². The molecule has 0 fully saturated rings. The summed E-state index contributed by atoms with van der Waals surface area (Å²) in [6, 6.07) is 7.23. The van der Waals surface area contributed by atoms with Crippen molar-refractivity contribution >= 4 is 33.2 Å². The standard InChI is InChI=1S/C9H6BrClN2/c10-7-3-1-2-6(9(7)11)8(13)4-5-12/h1-4H,13H2/b8-4+. The Morgan fingerprint density at radius 1 is 1.62 bits per heavy atom. The number of hydrogen-bond acceptors (Lipinski definition) is 2. The average Bonchev–Trinajstić information content (AvgIpc) is 2.10. The highest BCUT2D eigenvalue weighted by atomic mass is 79.9. The summed E-state index contributed by atoms with van der Waals surface area (Å²) in [5, 5.41) is 8.92. The van der Waals surface area contributed by atoms with Crippen LogP contribution in [0.25, 0.3) is 5.70 Å². The summed E-state index contributed by atoms with van der Waals surface area (Å²) in [6.07, 6.45) is 1.26. The van der Waals surface area contributed by atoms with Gasteiger partial charge in [-0.05, 0) is 22.0 Å². The van der Waals surface area contributed by atoms with E-state index in [1.165, 1.54) is 6.08 Å². The maximum absolute atomic E-state index is 8.40. The van der Waals surface area contributed by atoms with Crippen molar-refractivity contribution in [2.24, 2.45) is 5.73 Å². The summed E-state index contributed by atoms with van der Waals surface area (Å²) in [7, 11) is 0. The van der Waals surface area contributed by atoms with E-state index in [0.29, 0.717) is 16.3 Å². The molecule has 0 atom stereocenters. The molecule has 0 unspecified atom stereocenters. The molecule has 1 aromatic rings. The van der Waals surface area contributed by atoms with E-state index in [-0.39, 0.29) is 0 Å². The molecule has 2 N–H and O–H groups in total. The smallest absolute Gasteiger partial charge is 0.0933 e. The third-order valence-electron chi connectivity index (χ3n) is 1.48. The molecule has 1 aromatic carbocycles. The maximum Gasteiger partial charge on any atom is 0.0933 e. The Morgan fingerprint density at radius 3 is 2.92 bits per heavy atom. The Balaban J connectivity index is 3.25. The molecule has 4 heteroatoms. The molecule has 0 radical (unpaired) electrons. The van der Waals surface area contributed by atoms with Gasteiger partial charge in [-0.1, -0.05) is 23.7 Å². The van der Waals surface area contributed by atoms with Gasteiger partial charge < -0.3 is 5.73 Å². The third-order valence-corrected chi connectivity index (χ3v) is 2.78. The van der Waals surface area contributed by atoms with Gasteiger partial charge in [0, 0.05) is 16.1 Å². The molecular weight excluding hydrogens is 251 g/mol. The molecule has 0 spiro atoms. The van der Waals surface area contributed by atoms with E-state index < -0.39 is 0 Å². The minimum atomic E-state index is 0.369. The lowest BCUT2D eigenvalue weighted by atomic mass is 10.1. The van der Waals surface area contributed by atoms with Crippen molar-refractivity contribution in [3.8, 4) is 6.07 Å². The summed E-state index contributed by atoms with van der Waals surface area (Å²) in [5.41, 5.74) is 6.64. The van der Waals surface area contributed by atoms with Crippen molar-refractivity contribution in [2.45, 2.75) is 0 Å². The van der Waals surface area contributed by atoms with Gasteiger partial charge in [0.1, 0.15) is 0 Å². The van der Waals surface area contributed by atoms with Gasteiger partial charge >= 0.3 is 0 Å². The molecule has 13 heavy (non-hydrogen) atoms. The van der Waals surface area contributed by atoms with E-state index in [4.69, 9.17) is 22.6 Å². The predicted octanol–water partition coefficient (Wildman–Crippen LogP) is 2.93. The number of nitrogens with zero attached hydrogens (tertiary/aromatic N) is 1. The summed E-state index contributed by atoms with van der Waals surface area (Å²) < 4.78 is 0.765. The summed E-state index contributed by atoms with van der Waals surface area (Å²) in [4.78, 5) is 0. The number of hydrogen-bond donors (Lipinski definition) is 1. The molecule has 0 bridgehead atoms. The zero-order valence-corrected chi connectivity index (χ0v) is 8.93. The molecule has 1 rings (SSSR count). The van der Waals surface area contributed by atoms with Crippen LogP contribution in [0, 0.1) is 11.3 Å². The van der Waals surface area contributed by atoms with Crippen molar-refractivity contribution in [1.82, 2.24) is 0 Å². The monoisotopic (exact) mass is 256 g/mol. The fourth-order valence-electron chi connectivity index (χ4n) is 0.874. The maximum atomic E-state index is 8.40. The van der Waals surface area contributed by atoms with Gasteiger partial charge in [-0.2, -0.15) is 5.26 Å². The van der Waals surface area contributed by atoms with Crippen molar-refractivity contribution in [3.63, 3.8) is 0 Å². The summed E-state index contributed by atoms with van der Waals surface area (Å²) in [6.45, 7) is 0. The van der Waals surface area contributed by atoms with Gasteiger partial charge in [0.15, 0.2) is 0 Å². The number of nitriles is 1. The normalized spacial score (nSPS) is 11.0. The topological polar surface area (TPSA) is 49.8 Å².